The smallest absolute Gasteiger partial charge is 0.251 e. The van der Waals surface area contributed by atoms with Crippen LogP contribution in [-0.4, -0.2) is 67.9 Å². The van der Waals surface area contributed by atoms with E-state index in [4.69, 9.17) is 0 Å². The summed E-state index contributed by atoms with van der Waals surface area (Å²) in [5.74, 6) is -0.537. The Morgan fingerprint density at radius 2 is 1.58 bits per heavy atom. The fourth-order valence-corrected chi connectivity index (χ4v) is 3.71. The number of nitrogens with zero attached hydrogens (tertiary/aromatic N) is 2. The lowest BCUT2D eigenvalue weighted by atomic mass is 10.0. The summed E-state index contributed by atoms with van der Waals surface area (Å²) >= 11 is 0. The van der Waals surface area contributed by atoms with Gasteiger partial charge in [0.2, 0.25) is 15.9 Å². The van der Waals surface area contributed by atoms with Crippen LogP contribution in [0.2, 0.25) is 0 Å². The number of benzene rings is 1. The van der Waals surface area contributed by atoms with Crippen molar-refractivity contribution < 1.29 is 18.0 Å². The van der Waals surface area contributed by atoms with Crippen LogP contribution in [0.4, 0.5) is 0 Å². The Morgan fingerprint density at radius 1 is 1.04 bits per heavy atom. The Bertz CT molecular complexity index is 751. The van der Waals surface area contributed by atoms with E-state index in [2.05, 4.69) is 5.32 Å². The van der Waals surface area contributed by atoms with Gasteiger partial charge in [0.05, 0.1) is 6.26 Å². The van der Waals surface area contributed by atoms with Crippen LogP contribution in [0, 0.1) is 12.8 Å². The molecule has 26 heavy (non-hydrogen) atoms. The Balaban J connectivity index is 2.04. The first kappa shape index (κ1) is 20.4. The minimum atomic E-state index is -3.24. The predicted molar refractivity (Wildman–Crippen MR) is 100 cm³/mol. The lowest BCUT2D eigenvalue weighted by molar-refractivity contribution is -0.135. The van der Waals surface area contributed by atoms with Crippen molar-refractivity contribution in [1.82, 2.24) is 14.5 Å². The molecule has 1 aromatic rings. The van der Waals surface area contributed by atoms with Crippen LogP contribution in [0.5, 0.6) is 0 Å². The minimum absolute atomic E-state index is 0.0789. The first-order valence-corrected chi connectivity index (χ1v) is 10.6. The summed E-state index contributed by atoms with van der Waals surface area (Å²) in [6.45, 7) is 6.92. The minimum Gasteiger partial charge on any atom is -0.340 e. The fraction of sp³-hybridized carbons (Fsp3) is 0.556. The third-order valence-electron chi connectivity index (χ3n) is 4.55. The second-order valence-corrected chi connectivity index (χ2v) is 9.03. The third-order valence-corrected chi connectivity index (χ3v) is 5.86. The van der Waals surface area contributed by atoms with Crippen LogP contribution in [-0.2, 0) is 14.8 Å². The number of rotatable bonds is 5. The van der Waals surface area contributed by atoms with Crippen molar-refractivity contribution in [3.63, 3.8) is 0 Å². The van der Waals surface area contributed by atoms with Gasteiger partial charge in [0.15, 0.2) is 0 Å². The molecule has 0 aromatic heterocycles. The van der Waals surface area contributed by atoms with Gasteiger partial charge in [-0.25, -0.2) is 8.42 Å². The van der Waals surface area contributed by atoms with Gasteiger partial charge in [-0.15, -0.1) is 0 Å². The summed E-state index contributed by atoms with van der Waals surface area (Å²) in [4.78, 5) is 27.0. The number of piperazine rings is 1. The second kappa shape index (κ2) is 8.18. The van der Waals surface area contributed by atoms with E-state index in [9.17, 15) is 18.0 Å². The lowest BCUT2D eigenvalue weighted by Gasteiger charge is -2.36. The van der Waals surface area contributed by atoms with E-state index in [1.807, 2.05) is 32.9 Å². The highest BCUT2D eigenvalue weighted by atomic mass is 32.2. The predicted octanol–water partition coefficient (Wildman–Crippen LogP) is 0.853. The number of aryl methyl sites for hydroxylation is 1. The molecule has 7 nitrogen and oxygen atoms in total. The van der Waals surface area contributed by atoms with E-state index < -0.39 is 16.1 Å². The van der Waals surface area contributed by atoms with Crippen LogP contribution < -0.4 is 5.32 Å². The van der Waals surface area contributed by atoms with E-state index in [0.29, 0.717) is 18.7 Å². The number of hydrogen-bond donors (Lipinski definition) is 1. The van der Waals surface area contributed by atoms with Crippen molar-refractivity contribution in [3.05, 3.63) is 35.4 Å². The van der Waals surface area contributed by atoms with Gasteiger partial charge >= 0.3 is 0 Å². The van der Waals surface area contributed by atoms with Gasteiger partial charge in [0, 0.05) is 31.7 Å². The second-order valence-electron chi connectivity index (χ2n) is 7.05. The molecule has 1 unspecified atom stereocenters. The molecule has 0 radical (unpaired) electrons. The molecule has 1 aromatic carbocycles. The van der Waals surface area contributed by atoms with E-state index in [1.165, 1.54) is 10.6 Å². The molecule has 144 valence electrons. The Labute approximate surface area is 155 Å². The molecule has 1 atom stereocenters. The van der Waals surface area contributed by atoms with Gasteiger partial charge in [-0.05, 0) is 25.0 Å². The maximum atomic E-state index is 12.9. The zero-order valence-corrected chi connectivity index (χ0v) is 16.5. The van der Waals surface area contributed by atoms with E-state index in [0.717, 1.165) is 5.56 Å². The molecule has 8 heteroatoms. The highest BCUT2D eigenvalue weighted by Gasteiger charge is 2.32. The van der Waals surface area contributed by atoms with Crippen molar-refractivity contribution in [2.45, 2.75) is 26.8 Å². The average Bonchev–Trinajstić information content (AvgIpc) is 2.58. The van der Waals surface area contributed by atoms with Crippen LogP contribution in [0.25, 0.3) is 0 Å². The molecular formula is C18H27N3O4S. The molecule has 2 rings (SSSR count). The van der Waals surface area contributed by atoms with Gasteiger partial charge in [0.25, 0.3) is 5.91 Å². The summed E-state index contributed by atoms with van der Waals surface area (Å²) in [5.41, 5.74) is 1.57. The van der Waals surface area contributed by atoms with Crippen LogP contribution >= 0.6 is 0 Å². The standard InChI is InChI=1S/C18H27N3O4S/c1-13(2)16(19-17(22)15-7-5-14(3)6-8-15)18(23)20-9-11-21(12-10-20)26(4,24)25/h5-8,13,16H,9-12H2,1-4H3,(H,19,22). The first-order chi connectivity index (χ1) is 12.1. The Hall–Kier alpha value is -1.93. The largest absolute Gasteiger partial charge is 0.340 e. The summed E-state index contributed by atoms with van der Waals surface area (Å²) in [7, 11) is -3.24. The van der Waals surface area contributed by atoms with Crippen molar-refractivity contribution in [3.8, 4) is 0 Å². The van der Waals surface area contributed by atoms with Crippen LogP contribution in [0.3, 0.4) is 0 Å². The maximum absolute atomic E-state index is 12.9. The topological polar surface area (TPSA) is 86.8 Å². The molecule has 0 saturated carbocycles. The molecule has 1 aliphatic heterocycles. The Morgan fingerprint density at radius 3 is 2.04 bits per heavy atom. The molecular weight excluding hydrogens is 354 g/mol. The normalized spacial score (nSPS) is 17.2. The van der Waals surface area contributed by atoms with Crippen LogP contribution in [0.15, 0.2) is 24.3 Å². The number of hydrogen-bond acceptors (Lipinski definition) is 4. The van der Waals surface area contributed by atoms with E-state index in [-0.39, 0.29) is 30.8 Å². The third kappa shape index (κ3) is 5.04. The average molecular weight is 381 g/mol. The van der Waals surface area contributed by atoms with Gasteiger partial charge in [-0.1, -0.05) is 31.5 Å². The first-order valence-electron chi connectivity index (χ1n) is 8.71. The molecule has 1 heterocycles. The van der Waals surface area contributed by atoms with E-state index >= 15 is 0 Å². The van der Waals surface area contributed by atoms with Crippen molar-refractivity contribution in [2.24, 2.45) is 5.92 Å². The zero-order valence-electron chi connectivity index (χ0n) is 15.7. The molecule has 1 saturated heterocycles. The Kier molecular flexibility index (Phi) is 6.41. The van der Waals surface area contributed by atoms with Gasteiger partial charge in [0.1, 0.15) is 6.04 Å². The maximum Gasteiger partial charge on any atom is 0.251 e. The van der Waals surface area contributed by atoms with Crippen molar-refractivity contribution in [2.75, 3.05) is 32.4 Å². The number of nitrogens with one attached hydrogen (secondary N) is 1. The lowest BCUT2D eigenvalue weighted by Crippen LogP contribution is -2.57. The van der Waals surface area contributed by atoms with Gasteiger partial charge in [-0.3, -0.25) is 9.59 Å². The van der Waals surface area contributed by atoms with Crippen molar-refractivity contribution >= 4 is 21.8 Å². The number of carbonyl (C=O) groups is 2. The van der Waals surface area contributed by atoms with Gasteiger partial charge in [-0.2, -0.15) is 4.31 Å². The monoisotopic (exact) mass is 381 g/mol. The molecule has 1 N–H and O–H groups in total. The highest BCUT2D eigenvalue weighted by Crippen LogP contribution is 2.12. The summed E-state index contributed by atoms with van der Waals surface area (Å²) < 4.78 is 24.6. The summed E-state index contributed by atoms with van der Waals surface area (Å²) in [6.07, 6.45) is 1.17. The SMILES string of the molecule is Cc1ccc(C(=O)NC(C(=O)N2CCN(S(C)(=O)=O)CC2)C(C)C)cc1. The molecule has 0 spiro atoms. The number of amides is 2. The number of sulfonamides is 1. The molecule has 1 fully saturated rings. The van der Waals surface area contributed by atoms with E-state index in [1.54, 1.807) is 17.0 Å². The quantitative estimate of drug-likeness (QED) is 0.819. The highest BCUT2D eigenvalue weighted by molar-refractivity contribution is 7.88. The summed E-state index contributed by atoms with van der Waals surface area (Å²) in [5, 5.41) is 2.83. The van der Waals surface area contributed by atoms with Gasteiger partial charge < -0.3 is 10.2 Å². The molecule has 1 aliphatic rings. The zero-order chi connectivity index (χ0) is 19.5. The fourth-order valence-electron chi connectivity index (χ4n) is 2.88. The number of carbonyl (C=O) groups excluding carboxylic acids is 2. The molecule has 0 bridgehead atoms. The summed E-state index contributed by atoms with van der Waals surface area (Å²) in [6, 6.07) is 6.53. The van der Waals surface area contributed by atoms with Crippen LogP contribution in [0.1, 0.15) is 29.8 Å². The molecule has 0 aliphatic carbocycles. The molecule has 2 amide bonds. The van der Waals surface area contributed by atoms with Crippen molar-refractivity contribution in [1.29, 1.82) is 0 Å².